The van der Waals surface area contributed by atoms with E-state index in [-0.39, 0.29) is 17.5 Å². The second-order valence-corrected chi connectivity index (χ2v) is 5.68. The third kappa shape index (κ3) is 1.90. The summed E-state index contributed by atoms with van der Waals surface area (Å²) in [7, 11) is 0. The Morgan fingerprint density at radius 1 is 1.18 bits per heavy atom. The fourth-order valence-corrected chi connectivity index (χ4v) is 3.05. The number of allylic oxidation sites excluding steroid dienone is 4. The van der Waals surface area contributed by atoms with Crippen LogP contribution in [0.3, 0.4) is 0 Å². The molecular formula is C15H20O2. The smallest absolute Gasteiger partial charge is 0.229 e. The SMILES string of the molecule is CC1=CC2=C(C(=O)C1=O)[C@H](C)CC[C@@H]2C(C)C. The maximum Gasteiger partial charge on any atom is 0.229 e. The van der Waals surface area contributed by atoms with Crippen LogP contribution in [0.5, 0.6) is 0 Å². The lowest BCUT2D eigenvalue weighted by atomic mass is 9.69. The van der Waals surface area contributed by atoms with Crippen molar-refractivity contribution in [2.24, 2.45) is 17.8 Å². The number of rotatable bonds is 1. The highest BCUT2D eigenvalue weighted by Gasteiger charge is 2.37. The zero-order valence-electron chi connectivity index (χ0n) is 11.0. The molecule has 2 atom stereocenters. The molecule has 0 radical (unpaired) electrons. The second kappa shape index (κ2) is 4.25. The van der Waals surface area contributed by atoms with E-state index in [0.29, 0.717) is 17.4 Å². The van der Waals surface area contributed by atoms with Gasteiger partial charge in [0.1, 0.15) is 0 Å². The molecule has 2 rings (SSSR count). The normalized spacial score (nSPS) is 29.6. The van der Waals surface area contributed by atoms with E-state index < -0.39 is 0 Å². The van der Waals surface area contributed by atoms with Crippen molar-refractivity contribution in [1.29, 1.82) is 0 Å². The first-order valence-corrected chi connectivity index (χ1v) is 6.44. The summed E-state index contributed by atoms with van der Waals surface area (Å²) >= 11 is 0. The van der Waals surface area contributed by atoms with Gasteiger partial charge in [-0.15, -0.1) is 0 Å². The molecule has 0 aromatic carbocycles. The molecule has 17 heavy (non-hydrogen) atoms. The second-order valence-electron chi connectivity index (χ2n) is 5.68. The van der Waals surface area contributed by atoms with Crippen molar-refractivity contribution in [2.45, 2.75) is 40.5 Å². The molecule has 2 nitrogen and oxygen atoms in total. The van der Waals surface area contributed by atoms with Gasteiger partial charge in [-0.2, -0.15) is 0 Å². The largest absolute Gasteiger partial charge is 0.285 e. The van der Waals surface area contributed by atoms with E-state index in [1.165, 1.54) is 0 Å². The van der Waals surface area contributed by atoms with Crippen LogP contribution >= 0.6 is 0 Å². The summed E-state index contributed by atoms with van der Waals surface area (Å²) in [6.45, 7) is 8.19. The van der Waals surface area contributed by atoms with E-state index in [0.717, 1.165) is 24.0 Å². The van der Waals surface area contributed by atoms with Gasteiger partial charge >= 0.3 is 0 Å². The van der Waals surface area contributed by atoms with Crippen LogP contribution in [-0.2, 0) is 9.59 Å². The first kappa shape index (κ1) is 12.3. The summed E-state index contributed by atoms with van der Waals surface area (Å²) in [5.41, 5.74) is 2.54. The summed E-state index contributed by atoms with van der Waals surface area (Å²) in [5, 5.41) is 0. The van der Waals surface area contributed by atoms with Crippen LogP contribution in [0.4, 0.5) is 0 Å². The van der Waals surface area contributed by atoms with E-state index in [1.54, 1.807) is 6.92 Å². The fraction of sp³-hybridized carbons (Fsp3) is 0.600. The Morgan fingerprint density at radius 2 is 1.82 bits per heavy atom. The van der Waals surface area contributed by atoms with E-state index in [4.69, 9.17) is 0 Å². The fourth-order valence-electron chi connectivity index (χ4n) is 3.05. The van der Waals surface area contributed by atoms with Gasteiger partial charge in [0.15, 0.2) is 0 Å². The Morgan fingerprint density at radius 3 is 2.41 bits per heavy atom. The maximum atomic E-state index is 12.1. The van der Waals surface area contributed by atoms with Crippen LogP contribution in [0.1, 0.15) is 40.5 Å². The van der Waals surface area contributed by atoms with Crippen LogP contribution in [0.15, 0.2) is 22.8 Å². The molecule has 0 saturated carbocycles. The molecule has 0 aromatic rings. The highest BCUT2D eigenvalue weighted by Crippen LogP contribution is 2.41. The average Bonchev–Trinajstić information content (AvgIpc) is 2.25. The molecule has 0 spiro atoms. The molecule has 2 aliphatic rings. The molecule has 0 aliphatic heterocycles. The van der Waals surface area contributed by atoms with Crippen molar-refractivity contribution < 1.29 is 9.59 Å². The predicted octanol–water partition coefficient (Wildman–Crippen LogP) is 3.08. The molecule has 0 amide bonds. The Balaban J connectivity index is 2.55. The van der Waals surface area contributed by atoms with Crippen LogP contribution < -0.4 is 0 Å². The topological polar surface area (TPSA) is 34.1 Å². The van der Waals surface area contributed by atoms with E-state index >= 15 is 0 Å². The molecule has 92 valence electrons. The number of ketones is 2. The predicted molar refractivity (Wildman–Crippen MR) is 67.5 cm³/mol. The number of hydrogen-bond donors (Lipinski definition) is 0. The molecule has 0 unspecified atom stereocenters. The Hall–Kier alpha value is -1.18. The third-order valence-corrected chi connectivity index (χ3v) is 4.10. The van der Waals surface area contributed by atoms with Crippen molar-refractivity contribution >= 4 is 11.6 Å². The highest BCUT2D eigenvalue weighted by molar-refractivity contribution is 6.50. The minimum absolute atomic E-state index is 0.237. The molecule has 2 heteroatoms. The Labute approximate surface area is 103 Å². The summed E-state index contributed by atoms with van der Waals surface area (Å²) < 4.78 is 0. The molecule has 0 bridgehead atoms. The zero-order chi connectivity index (χ0) is 12.7. The average molecular weight is 232 g/mol. The lowest BCUT2D eigenvalue weighted by molar-refractivity contribution is -0.132. The minimum Gasteiger partial charge on any atom is -0.285 e. The van der Waals surface area contributed by atoms with Gasteiger partial charge in [-0.05, 0) is 43.1 Å². The van der Waals surface area contributed by atoms with E-state index in [1.807, 2.05) is 6.08 Å². The van der Waals surface area contributed by atoms with Crippen molar-refractivity contribution in [2.75, 3.05) is 0 Å². The summed E-state index contributed by atoms with van der Waals surface area (Å²) in [4.78, 5) is 23.9. The maximum absolute atomic E-state index is 12.1. The van der Waals surface area contributed by atoms with Crippen molar-refractivity contribution in [3.63, 3.8) is 0 Å². The summed E-state index contributed by atoms with van der Waals surface area (Å²) in [6.07, 6.45) is 4.11. The van der Waals surface area contributed by atoms with Crippen molar-refractivity contribution in [1.82, 2.24) is 0 Å². The van der Waals surface area contributed by atoms with Gasteiger partial charge in [-0.1, -0.05) is 26.8 Å². The first-order chi connectivity index (χ1) is 7.93. The molecule has 0 aromatic heterocycles. The molecule has 0 heterocycles. The van der Waals surface area contributed by atoms with Gasteiger partial charge in [-0.25, -0.2) is 0 Å². The number of carbonyl (C=O) groups excluding carboxylic acids is 2. The molecular weight excluding hydrogens is 212 g/mol. The van der Waals surface area contributed by atoms with E-state index in [9.17, 15) is 9.59 Å². The minimum atomic E-state index is -0.306. The number of hydrogen-bond acceptors (Lipinski definition) is 2. The number of carbonyl (C=O) groups is 2. The first-order valence-electron chi connectivity index (χ1n) is 6.44. The lowest BCUT2D eigenvalue weighted by Gasteiger charge is -2.34. The highest BCUT2D eigenvalue weighted by atomic mass is 16.2. The molecule has 0 saturated heterocycles. The van der Waals surface area contributed by atoms with Crippen molar-refractivity contribution in [3.8, 4) is 0 Å². The third-order valence-electron chi connectivity index (χ3n) is 4.10. The quantitative estimate of drug-likeness (QED) is 0.514. The Kier molecular flexibility index (Phi) is 3.07. The van der Waals surface area contributed by atoms with Gasteiger partial charge in [0.2, 0.25) is 11.6 Å². The lowest BCUT2D eigenvalue weighted by Crippen LogP contribution is -2.32. The van der Waals surface area contributed by atoms with Gasteiger partial charge in [0.25, 0.3) is 0 Å². The molecule has 0 N–H and O–H groups in total. The standard InChI is InChI=1S/C15H20O2/c1-8(2)11-6-5-9(3)13-12(11)7-10(4)14(16)15(13)17/h7-9,11H,5-6H2,1-4H3/t9-,11-/m1/s1. The molecule has 2 aliphatic carbocycles. The van der Waals surface area contributed by atoms with Crippen LogP contribution in [0.2, 0.25) is 0 Å². The monoisotopic (exact) mass is 232 g/mol. The number of Topliss-reactive ketones (excluding diaryl/α,β-unsaturated/α-hetero) is 2. The van der Waals surface area contributed by atoms with Crippen molar-refractivity contribution in [3.05, 3.63) is 22.8 Å². The van der Waals surface area contributed by atoms with Gasteiger partial charge in [0, 0.05) is 11.1 Å². The van der Waals surface area contributed by atoms with Crippen LogP contribution in [0, 0.1) is 17.8 Å². The van der Waals surface area contributed by atoms with Gasteiger partial charge < -0.3 is 0 Å². The van der Waals surface area contributed by atoms with Crippen LogP contribution in [-0.4, -0.2) is 11.6 Å². The van der Waals surface area contributed by atoms with E-state index in [2.05, 4.69) is 20.8 Å². The molecule has 0 fully saturated rings. The van der Waals surface area contributed by atoms with Gasteiger partial charge in [0.05, 0.1) is 0 Å². The Bertz CT molecular complexity index is 438. The van der Waals surface area contributed by atoms with Crippen LogP contribution in [0.25, 0.3) is 0 Å². The summed E-state index contributed by atoms with van der Waals surface area (Å²) in [5.74, 6) is 0.643. The van der Waals surface area contributed by atoms with Gasteiger partial charge in [-0.3, -0.25) is 9.59 Å². The summed E-state index contributed by atoms with van der Waals surface area (Å²) in [6, 6.07) is 0. The zero-order valence-corrected chi connectivity index (χ0v) is 11.0.